The Labute approximate surface area is 171 Å². The number of methoxy groups -OCH3 is 1. The lowest BCUT2D eigenvalue weighted by Gasteiger charge is -2.07. The lowest BCUT2D eigenvalue weighted by Crippen LogP contribution is -2.21. The maximum absolute atomic E-state index is 12.9. The number of anilines is 1. The van der Waals surface area contributed by atoms with Gasteiger partial charge in [0.25, 0.3) is 5.91 Å². The van der Waals surface area contributed by atoms with Crippen molar-refractivity contribution in [1.82, 2.24) is 4.98 Å². The van der Waals surface area contributed by atoms with Gasteiger partial charge >= 0.3 is 0 Å². The van der Waals surface area contributed by atoms with E-state index in [0.717, 1.165) is 22.6 Å². The average molecular weight is 410 g/mol. The Balaban J connectivity index is 1.60. The van der Waals surface area contributed by atoms with Crippen molar-refractivity contribution < 1.29 is 9.53 Å². The molecule has 0 spiro atoms. The van der Waals surface area contributed by atoms with E-state index in [4.69, 9.17) is 16.3 Å². The Kier molecular flexibility index (Phi) is 4.98. The first-order valence-corrected chi connectivity index (χ1v) is 9.78. The molecule has 0 N–H and O–H groups in total. The number of aromatic nitrogens is 1. The van der Waals surface area contributed by atoms with Crippen LogP contribution in [0.4, 0.5) is 5.13 Å². The summed E-state index contributed by atoms with van der Waals surface area (Å²) in [5.41, 5.74) is 3.76. The van der Waals surface area contributed by atoms with E-state index in [2.05, 4.69) is 10.1 Å². The summed E-state index contributed by atoms with van der Waals surface area (Å²) >= 11 is 7.43. The Hall–Kier alpha value is -2.96. The number of hydrogen-bond acceptors (Lipinski definition) is 5. The molecule has 0 unspecified atom stereocenters. The fourth-order valence-corrected chi connectivity index (χ4v) is 3.79. The molecule has 0 saturated heterocycles. The summed E-state index contributed by atoms with van der Waals surface area (Å²) in [6.07, 6.45) is 1.83. The van der Waals surface area contributed by atoms with Crippen molar-refractivity contribution in [2.24, 2.45) is 5.10 Å². The van der Waals surface area contributed by atoms with Gasteiger partial charge in [0, 0.05) is 16.0 Å². The van der Waals surface area contributed by atoms with Crippen LogP contribution in [0, 0.1) is 0 Å². The van der Waals surface area contributed by atoms with Gasteiger partial charge in [-0.2, -0.15) is 10.1 Å². The topological polar surface area (TPSA) is 54.8 Å². The number of halogens is 1. The van der Waals surface area contributed by atoms with E-state index in [9.17, 15) is 4.79 Å². The standard InChI is InChI=1S/C21H16ClN3O2S/c1-13-18(10-14-6-8-17(27-2)9-7-14)20(26)25(24-13)21-23-19(12-28-21)15-4-3-5-16(22)11-15/h3-12H,1-2H3. The van der Waals surface area contributed by atoms with Crippen LogP contribution in [-0.2, 0) is 4.79 Å². The van der Waals surface area contributed by atoms with Gasteiger partial charge in [-0.15, -0.1) is 11.3 Å². The summed E-state index contributed by atoms with van der Waals surface area (Å²) in [5, 5.41) is 8.82. The normalized spacial score (nSPS) is 15.2. The van der Waals surface area contributed by atoms with Crippen LogP contribution in [0.15, 0.2) is 64.6 Å². The summed E-state index contributed by atoms with van der Waals surface area (Å²) in [6, 6.07) is 15.0. The van der Waals surface area contributed by atoms with Crippen molar-refractivity contribution in [3.05, 3.63) is 70.1 Å². The van der Waals surface area contributed by atoms with E-state index in [-0.39, 0.29) is 5.91 Å². The first-order valence-electron chi connectivity index (χ1n) is 8.52. The molecule has 4 rings (SSSR count). The Bertz CT molecular complexity index is 1100. The molecule has 3 aromatic rings. The molecule has 5 nitrogen and oxygen atoms in total. The van der Waals surface area contributed by atoms with Crippen LogP contribution in [0.1, 0.15) is 12.5 Å². The number of thiazole rings is 1. The van der Waals surface area contributed by atoms with Crippen LogP contribution < -0.4 is 9.75 Å². The largest absolute Gasteiger partial charge is 0.497 e. The molecule has 140 valence electrons. The van der Waals surface area contributed by atoms with Crippen molar-refractivity contribution >= 4 is 45.8 Å². The Morgan fingerprint density at radius 1 is 1.18 bits per heavy atom. The number of amides is 1. The van der Waals surface area contributed by atoms with Gasteiger partial charge in [-0.3, -0.25) is 4.79 Å². The van der Waals surface area contributed by atoms with Gasteiger partial charge in [0.15, 0.2) is 0 Å². The van der Waals surface area contributed by atoms with Crippen LogP contribution in [0.5, 0.6) is 5.75 Å². The minimum atomic E-state index is -0.194. The first-order chi connectivity index (χ1) is 13.5. The lowest BCUT2D eigenvalue weighted by molar-refractivity contribution is -0.114. The molecule has 2 aromatic carbocycles. The SMILES string of the molecule is COc1ccc(C=C2C(=O)N(c3nc(-c4cccc(Cl)c4)cs3)N=C2C)cc1. The number of benzene rings is 2. The van der Waals surface area contributed by atoms with Crippen LogP contribution in [0.2, 0.25) is 5.02 Å². The maximum atomic E-state index is 12.9. The van der Waals surface area contributed by atoms with Gasteiger partial charge in [0.2, 0.25) is 5.13 Å². The van der Waals surface area contributed by atoms with Crippen LogP contribution in [0.25, 0.3) is 17.3 Å². The molecular weight excluding hydrogens is 394 g/mol. The lowest BCUT2D eigenvalue weighted by atomic mass is 10.1. The van der Waals surface area contributed by atoms with Crippen molar-refractivity contribution in [1.29, 1.82) is 0 Å². The molecule has 1 amide bonds. The highest BCUT2D eigenvalue weighted by molar-refractivity contribution is 7.14. The molecule has 0 fully saturated rings. The zero-order valence-corrected chi connectivity index (χ0v) is 16.8. The number of nitrogens with zero attached hydrogens (tertiary/aromatic N) is 3. The van der Waals surface area contributed by atoms with Crippen LogP contribution in [-0.4, -0.2) is 23.7 Å². The van der Waals surface area contributed by atoms with Crippen molar-refractivity contribution in [3.8, 4) is 17.0 Å². The predicted octanol–water partition coefficient (Wildman–Crippen LogP) is 5.28. The maximum Gasteiger partial charge on any atom is 0.282 e. The number of rotatable bonds is 4. The molecule has 1 aliphatic rings. The Morgan fingerprint density at radius 3 is 2.68 bits per heavy atom. The van der Waals surface area contributed by atoms with Crippen molar-refractivity contribution in [2.75, 3.05) is 12.1 Å². The minimum absolute atomic E-state index is 0.194. The van der Waals surface area contributed by atoms with Crippen molar-refractivity contribution in [2.45, 2.75) is 6.92 Å². The summed E-state index contributed by atoms with van der Waals surface area (Å²) in [6.45, 7) is 1.82. The smallest absolute Gasteiger partial charge is 0.282 e. The highest BCUT2D eigenvalue weighted by atomic mass is 35.5. The number of hydrogen-bond donors (Lipinski definition) is 0. The molecule has 0 saturated carbocycles. The first kappa shape index (κ1) is 18.4. The highest BCUT2D eigenvalue weighted by Gasteiger charge is 2.30. The third kappa shape index (κ3) is 3.56. The van der Waals surface area contributed by atoms with E-state index in [1.54, 1.807) is 7.11 Å². The molecular formula is C21H16ClN3O2S. The fourth-order valence-electron chi connectivity index (χ4n) is 2.82. The van der Waals surface area contributed by atoms with Gasteiger partial charge in [-0.25, -0.2) is 4.98 Å². The zero-order valence-electron chi connectivity index (χ0n) is 15.2. The highest BCUT2D eigenvalue weighted by Crippen LogP contribution is 2.32. The number of ether oxygens (including phenoxy) is 1. The number of carbonyl (C=O) groups is 1. The summed E-state index contributed by atoms with van der Waals surface area (Å²) in [4.78, 5) is 17.5. The summed E-state index contributed by atoms with van der Waals surface area (Å²) < 4.78 is 5.17. The van der Waals surface area contributed by atoms with Crippen molar-refractivity contribution in [3.63, 3.8) is 0 Å². The van der Waals surface area contributed by atoms with E-state index in [1.807, 2.05) is 66.9 Å². The average Bonchev–Trinajstić information content (AvgIpc) is 3.29. The zero-order chi connectivity index (χ0) is 19.7. The van der Waals surface area contributed by atoms with Gasteiger partial charge in [0.1, 0.15) is 5.75 Å². The fraction of sp³-hybridized carbons (Fsp3) is 0.0952. The minimum Gasteiger partial charge on any atom is -0.497 e. The molecule has 1 aliphatic heterocycles. The van der Waals surface area contributed by atoms with Gasteiger partial charge in [-0.1, -0.05) is 35.9 Å². The van der Waals surface area contributed by atoms with E-state index in [1.165, 1.54) is 16.3 Å². The molecule has 2 heterocycles. The molecule has 7 heteroatoms. The molecule has 0 aliphatic carbocycles. The van der Waals surface area contributed by atoms with Gasteiger partial charge in [-0.05, 0) is 42.8 Å². The second kappa shape index (κ2) is 7.58. The molecule has 0 radical (unpaired) electrons. The molecule has 28 heavy (non-hydrogen) atoms. The second-order valence-electron chi connectivity index (χ2n) is 6.16. The molecule has 0 atom stereocenters. The number of carbonyl (C=O) groups excluding carboxylic acids is 1. The van der Waals surface area contributed by atoms with Gasteiger partial charge in [0.05, 0.1) is 24.1 Å². The van der Waals surface area contributed by atoms with E-state index >= 15 is 0 Å². The number of hydrazone groups is 1. The summed E-state index contributed by atoms with van der Waals surface area (Å²) in [7, 11) is 1.62. The van der Waals surface area contributed by atoms with Crippen LogP contribution in [0.3, 0.4) is 0 Å². The van der Waals surface area contributed by atoms with Crippen LogP contribution >= 0.6 is 22.9 Å². The van der Waals surface area contributed by atoms with E-state index in [0.29, 0.717) is 21.4 Å². The quantitative estimate of drug-likeness (QED) is 0.551. The third-order valence-electron chi connectivity index (χ3n) is 4.28. The Morgan fingerprint density at radius 2 is 1.96 bits per heavy atom. The third-order valence-corrected chi connectivity index (χ3v) is 5.33. The predicted molar refractivity (Wildman–Crippen MR) is 114 cm³/mol. The van der Waals surface area contributed by atoms with E-state index < -0.39 is 0 Å². The molecule has 0 bridgehead atoms. The summed E-state index contributed by atoms with van der Waals surface area (Å²) in [5.74, 6) is 0.573. The molecule has 1 aromatic heterocycles. The second-order valence-corrected chi connectivity index (χ2v) is 7.43. The monoisotopic (exact) mass is 409 g/mol. The van der Waals surface area contributed by atoms with Gasteiger partial charge < -0.3 is 4.74 Å².